The molecule has 3 heterocycles. The SMILES string of the molecule is CCSc1c(SN2Sc3c(n(CCC(F)(F)C(F)(F)C(F)(F)F)c(=S)n3CCC(F)(F)C(F)(F)C(F)(F)F)S2)n(CCC(F)(F)C(F)(F)C(F)(F)F)c(=S)n1CCC(F)(F)C(F)(F)C(F)(F)F. The van der Waals surface area contributed by atoms with E-state index in [9.17, 15) is 123 Å². The van der Waals surface area contributed by atoms with Crippen molar-refractivity contribution in [2.45, 2.75) is 151 Å². The summed E-state index contributed by atoms with van der Waals surface area (Å²) in [6.07, 6.45) is -38.1. The van der Waals surface area contributed by atoms with Crippen LogP contribution in [0, 0.1) is 9.54 Å². The van der Waals surface area contributed by atoms with Crippen molar-refractivity contribution in [3.05, 3.63) is 9.54 Å². The van der Waals surface area contributed by atoms with Crippen LogP contribution in [0.15, 0.2) is 20.1 Å². The van der Waals surface area contributed by atoms with Gasteiger partial charge in [-0.05, 0) is 30.2 Å². The normalized spacial score (nSPS) is 16.1. The van der Waals surface area contributed by atoms with E-state index < -0.39 is 154 Å². The highest BCUT2D eigenvalue weighted by molar-refractivity contribution is 8.27. The maximum atomic E-state index is 14.5. The zero-order valence-corrected chi connectivity index (χ0v) is 36.5. The first kappa shape index (κ1) is 59.6. The number of aromatic nitrogens is 4. The molecule has 2 aromatic rings. The van der Waals surface area contributed by atoms with Crippen LogP contribution in [0.4, 0.5) is 123 Å². The summed E-state index contributed by atoms with van der Waals surface area (Å²) in [5.74, 6) is -51.9. The van der Waals surface area contributed by atoms with E-state index in [1.807, 2.05) is 0 Å². The first-order chi connectivity index (χ1) is 29.6. The van der Waals surface area contributed by atoms with Crippen molar-refractivity contribution in [1.29, 1.82) is 0 Å². The molecular formula is C28H21F28N5S6. The number of fused-ring (bicyclic) bond motifs is 1. The monoisotopic (exact) mass is 1150 g/mol. The highest BCUT2D eigenvalue weighted by atomic mass is 32.3. The maximum Gasteiger partial charge on any atom is 0.459 e. The second kappa shape index (κ2) is 19.0. The van der Waals surface area contributed by atoms with Gasteiger partial charge >= 0.3 is 72.1 Å². The van der Waals surface area contributed by atoms with Crippen LogP contribution in [0.1, 0.15) is 32.6 Å². The van der Waals surface area contributed by atoms with Gasteiger partial charge in [-0.3, -0.25) is 0 Å². The standard InChI is InChI=1S/C28H21F28N5S6/c1-2-64-11-12(58(8-4-18(31,32)22(39,40)26(48,49)50)15(62)57(11)7-3-17(29,30)21(37,38)25(45,46)47)65-61-66-13-14(67-61)60(10-6-20(35,36)24(43,44)28(54,55)56)16(63)59(13)9-5-19(33,34)23(41,42)27(51,52)53/h2-10H2,1H3. The number of hydrogen-bond donors (Lipinski definition) is 0. The van der Waals surface area contributed by atoms with E-state index in [0.29, 0.717) is 14.9 Å². The zero-order valence-electron chi connectivity index (χ0n) is 31.6. The van der Waals surface area contributed by atoms with Crippen molar-refractivity contribution in [2.75, 3.05) is 5.75 Å². The average Bonchev–Trinajstić information content (AvgIpc) is 3.72. The topological polar surface area (TPSA) is 23.0 Å². The Labute approximate surface area is 381 Å². The number of imidazole rings is 2. The fourth-order valence-electron chi connectivity index (χ4n) is 5.16. The minimum absolute atomic E-state index is 0.0575. The van der Waals surface area contributed by atoms with Crippen molar-refractivity contribution in [3.63, 3.8) is 0 Å². The summed E-state index contributed by atoms with van der Waals surface area (Å²) in [6.45, 7) is -6.08. The predicted octanol–water partition coefficient (Wildman–Crippen LogP) is 15.4. The first-order valence-corrected chi connectivity index (χ1v) is 21.2. The van der Waals surface area contributed by atoms with Crippen LogP contribution < -0.4 is 0 Å². The number of alkyl halides is 28. The number of halogens is 28. The molecule has 5 nitrogen and oxygen atoms in total. The second-order valence-corrected chi connectivity index (χ2v) is 18.9. The molecule has 1 aliphatic heterocycles. The molecule has 390 valence electrons. The summed E-state index contributed by atoms with van der Waals surface area (Å²) >= 11 is 9.86. The number of thioether (sulfide) groups is 1. The highest BCUT2D eigenvalue weighted by Gasteiger charge is 2.75. The molecule has 0 saturated carbocycles. The fraction of sp³-hybridized carbons (Fsp3) is 0.786. The lowest BCUT2D eigenvalue weighted by atomic mass is 10.1. The van der Waals surface area contributed by atoms with Gasteiger partial charge in [-0.2, -0.15) is 123 Å². The lowest BCUT2D eigenvalue weighted by Crippen LogP contribution is -2.52. The van der Waals surface area contributed by atoms with Crippen molar-refractivity contribution < 1.29 is 123 Å². The molecule has 39 heteroatoms. The molecule has 0 aliphatic carbocycles. The summed E-state index contributed by atoms with van der Waals surface area (Å²) < 4.78 is 379. The van der Waals surface area contributed by atoms with Gasteiger partial charge in [0.1, 0.15) is 20.1 Å². The van der Waals surface area contributed by atoms with Crippen LogP contribution in [0.5, 0.6) is 0 Å². The highest BCUT2D eigenvalue weighted by Crippen LogP contribution is 2.57. The summed E-state index contributed by atoms with van der Waals surface area (Å²) in [6, 6.07) is 0. The molecule has 0 N–H and O–H groups in total. The number of nitrogens with zero attached hydrogens (tertiary/aromatic N) is 5. The Balaban J connectivity index is 2.25. The fourth-order valence-corrected chi connectivity index (χ4v) is 11.0. The Kier molecular flexibility index (Phi) is 16.9. The molecule has 0 fully saturated rings. The third-order valence-electron chi connectivity index (χ3n) is 8.89. The minimum Gasteiger partial charge on any atom is -0.311 e. The van der Waals surface area contributed by atoms with Gasteiger partial charge in [0.2, 0.25) is 0 Å². The Morgan fingerprint density at radius 1 is 0.388 bits per heavy atom. The third kappa shape index (κ3) is 11.2. The quantitative estimate of drug-likeness (QED) is 0.0563. The van der Waals surface area contributed by atoms with Gasteiger partial charge in [-0.25, -0.2) is 0 Å². The van der Waals surface area contributed by atoms with E-state index in [2.05, 4.69) is 0 Å². The molecule has 0 spiro atoms. The van der Waals surface area contributed by atoms with Gasteiger partial charge in [0.15, 0.2) is 9.54 Å². The van der Waals surface area contributed by atoms with Gasteiger partial charge in [-0.1, -0.05) is 6.92 Å². The van der Waals surface area contributed by atoms with E-state index in [1.165, 1.54) is 0 Å². The maximum absolute atomic E-state index is 14.5. The largest absolute Gasteiger partial charge is 0.459 e. The second-order valence-electron chi connectivity index (χ2n) is 13.4. The summed E-state index contributed by atoms with van der Waals surface area (Å²) in [5, 5.41) is -3.43. The molecule has 0 amide bonds. The van der Waals surface area contributed by atoms with Crippen LogP contribution in [-0.2, 0) is 26.2 Å². The molecule has 0 saturated heterocycles. The lowest BCUT2D eigenvalue weighted by Gasteiger charge is -2.28. The van der Waals surface area contributed by atoms with Crippen LogP contribution in [0.25, 0.3) is 0 Å². The molecule has 0 atom stereocenters. The van der Waals surface area contributed by atoms with Gasteiger partial charge in [0.05, 0.1) is 0 Å². The van der Waals surface area contributed by atoms with Crippen molar-refractivity contribution in [1.82, 2.24) is 21.4 Å². The molecule has 0 bridgehead atoms. The molecule has 2 aromatic heterocycles. The van der Waals surface area contributed by atoms with E-state index in [1.54, 1.807) is 0 Å². The van der Waals surface area contributed by atoms with Gasteiger partial charge in [-0.15, -0.1) is 14.9 Å². The lowest BCUT2D eigenvalue weighted by molar-refractivity contribution is -0.356. The third-order valence-corrected chi connectivity index (χ3v) is 14.6. The van der Waals surface area contributed by atoms with Gasteiger partial charge < -0.3 is 18.3 Å². The van der Waals surface area contributed by atoms with Crippen LogP contribution >= 0.6 is 72.0 Å². The molecule has 0 aromatic carbocycles. The molecule has 3 rings (SSSR count). The Bertz CT molecular complexity index is 2120. The Hall–Kier alpha value is -1.74. The number of rotatable bonds is 20. The van der Waals surface area contributed by atoms with Gasteiger partial charge in [0, 0.05) is 87.7 Å². The first-order valence-electron chi connectivity index (χ1n) is 17.0. The summed E-state index contributed by atoms with van der Waals surface area (Å²) in [7, 11) is 0. The molecule has 67 heavy (non-hydrogen) atoms. The summed E-state index contributed by atoms with van der Waals surface area (Å²) in [5.41, 5.74) is 0. The van der Waals surface area contributed by atoms with Crippen molar-refractivity contribution in [3.8, 4) is 0 Å². The summed E-state index contributed by atoms with van der Waals surface area (Å²) in [4.78, 5) is 0. The van der Waals surface area contributed by atoms with Crippen molar-refractivity contribution in [2.24, 2.45) is 0 Å². The van der Waals surface area contributed by atoms with Crippen LogP contribution in [0.2, 0.25) is 0 Å². The van der Waals surface area contributed by atoms with E-state index in [-0.39, 0.29) is 59.9 Å². The van der Waals surface area contributed by atoms with E-state index >= 15 is 0 Å². The molecular weight excluding hydrogens is 1130 g/mol. The molecule has 0 radical (unpaired) electrons. The zero-order chi connectivity index (χ0) is 52.5. The van der Waals surface area contributed by atoms with Gasteiger partial charge in [0.25, 0.3) is 0 Å². The van der Waals surface area contributed by atoms with Crippen molar-refractivity contribution >= 4 is 72.0 Å². The van der Waals surface area contributed by atoms with Crippen LogP contribution in [0.3, 0.4) is 0 Å². The minimum atomic E-state index is -6.97. The predicted molar refractivity (Wildman–Crippen MR) is 185 cm³/mol. The average molecular weight is 1150 g/mol. The molecule has 0 unspecified atom stereocenters. The Morgan fingerprint density at radius 3 is 0.881 bits per heavy atom. The van der Waals surface area contributed by atoms with E-state index in [4.69, 9.17) is 24.4 Å². The van der Waals surface area contributed by atoms with E-state index in [0.717, 1.165) is 6.92 Å². The smallest absolute Gasteiger partial charge is 0.311 e. The molecule has 1 aliphatic rings. The van der Waals surface area contributed by atoms with Crippen LogP contribution in [-0.4, -0.2) is 99.2 Å². The number of hydrogen-bond acceptors (Lipinski definition) is 7. The Morgan fingerprint density at radius 2 is 0.627 bits per heavy atom.